The van der Waals surface area contributed by atoms with Crippen molar-refractivity contribution < 1.29 is 9.59 Å². The number of hydrogen-bond acceptors (Lipinski definition) is 3. The number of halogens is 1. The lowest BCUT2D eigenvalue weighted by atomic mass is 10.1. The molecule has 2 atom stereocenters. The Balaban J connectivity index is 0.00000162. The van der Waals surface area contributed by atoms with Gasteiger partial charge in [-0.05, 0) is 13.3 Å². The molecule has 2 amide bonds. The van der Waals surface area contributed by atoms with E-state index in [1.165, 1.54) is 0 Å². The Kier molecular flexibility index (Phi) is 5.41. The standard InChI is InChI=1S/C12H21N3O2.ClH/c1-9-7-13-4-6-15(9)12(17)11-3-5-14(8-11)10(2)16;/h9,11,13H,3-8H2,1-2H3;1H/t9-,11?;/m0./s1. The first-order chi connectivity index (χ1) is 8.09. The Hall–Kier alpha value is -0.810. The second-order valence-corrected chi connectivity index (χ2v) is 5.04. The van der Waals surface area contributed by atoms with E-state index in [2.05, 4.69) is 12.2 Å². The zero-order valence-electron chi connectivity index (χ0n) is 11.0. The van der Waals surface area contributed by atoms with Crippen LogP contribution in [0.15, 0.2) is 0 Å². The summed E-state index contributed by atoms with van der Waals surface area (Å²) in [6.45, 7) is 7.50. The van der Waals surface area contributed by atoms with E-state index in [1.807, 2.05) is 4.90 Å². The van der Waals surface area contributed by atoms with Crippen molar-refractivity contribution in [2.45, 2.75) is 26.3 Å². The van der Waals surface area contributed by atoms with Crippen LogP contribution in [0.4, 0.5) is 0 Å². The van der Waals surface area contributed by atoms with E-state index < -0.39 is 0 Å². The van der Waals surface area contributed by atoms with Crippen LogP contribution in [0, 0.1) is 5.92 Å². The van der Waals surface area contributed by atoms with Gasteiger partial charge in [0.05, 0.1) is 5.92 Å². The van der Waals surface area contributed by atoms with Crippen molar-refractivity contribution in [2.75, 3.05) is 32.7 Å². The van der Waals surface area contributed by atoms with Crippen molar-refractivity contribution in [3.05, 3.63) is 0 Å². The Morgan fingerprint density at radius 2 is 2.00 bits per heavy atom. The van der Waals surface area contributed by atoms with Gasteiger partial charge in [0.25, 0.3) is 0 Å². The lowest BCUT2D eigenvalue weighted by Crippen LogP contribution is -2.54. The monoisotopic (exact) mass is 275 g/mol. The molecule has 2 heterocycles. The summed E-state index contributed by atoms with van der Waals surface area (Å²) in [6, 6.07) is 0.266. The number of carbonyl (C=O) groups is 2. The van der Waals surface area contributed by atoms with Crippen molar-refractivity contribution in [1.29, 1.82) is 0 Å². The van der Waals surface area contributed by atoms with Gasteiger partial charge in [-0.1, -0.05) is 0 Å². The molecule has 1 N–H and O–H groups in total. The highest BCUT2D eigenvalue weighted by molar-refractivity contribution is 5.85. The van der Waals surface area contributed by atoms with Gasteiger partial charge < -0.3 is 15.1 Å². The van der Waals surface area contributed by atoms with Gasteiger partial charge in [0, 0.05) is 45.7 Å². The molecular weight excluding hydrogens is 254 g/mol. The molecule has 18 heavy (non-hydrogen) atoms. The lowest BCUT2D eigenvalue weighted by Gasteiger charge is -2.35. The van der Waals surface area contributed by atoms with Crippen LogP contribution < -0.4 is 5.32 Å². The maximum absolute atomic E-state index is 12.3. The summed E-state index contributed by atoms with van der Waals surface area (Å²) in [5.41, 5.74) is 0. The van der Waals surface area contributed by atoms with Gasteiger partial charge >= 0.3 is 0 Å². The summed E-state index contributed by atoms with van der Waals surface area (Å²) in [4.78, 5) is 27.3. The van der Waals surface area contributed by atoms with Crippen LogP contribution in [0.1, 0.15) is 20.3 Å². The number of amides is 2. The molecule has 0 spiro atoms. The Labute approximate surface area is 114 Å². The first-order valence-corrected chi connectivity index (χ1v) is 6.36. The summed E-state index contributed by atoms with van der Waals surface area (Å²) in [5, 5.41) is 3.28. The van der Waals surface area contributed by atoms with Crippen LogP contribution in [-0.2, 0) is 9.59 Å². The second-order valence-electron chi connectivity index (χ2n) is 5.04. The topological polar surface area (TPSA) is 52.7 Å². The molecule has 2 aliphatic rings. The number of nitrogens with zero attached hydrogens (tertiary/aromatic N) is 2. The van der Waals surface area contributed by atoms with E-state index in [4.69, 9.17) is 0 Å². The summed E-state index contributed by atoms with van der Waals surface area (Å²) in [7, 11) is 0. The Morgan fingerprint density at radius 3 is 2.56 bits per heavy atom. The van der Waals surface area contributed by atoms with Gasteiger partial charge in [-0.3, -0.25) is 9.59 Å². The third kappa shape index (κ3) is 3.14. The Bertz CT molecular complexity index is 324. The minimum absolute atomic E-state index is 0. The molecule has 2 saturated heterocycles. The van der Waals surface area contributed by atoms with E-state index in [0.717, 1.165) is 32.6 Å². The minimum Gasteiger partial charge on any atom is -0.342 e. The maximum atomic E-state index is 12.3. The van der Waals surface area contributed by atoms with Crippen molar-refractivity contribution in [3.8, 4) is 0 Å². The van der Waals surface area contributed by atoms with Crippen molar-refractivity contribution in [3.63, 3.8) is 0 Å². The van der Waals surface area contributed by atoms with Crippen LogP contribution in [0.3, 0.4) is 0 Å². The molecule has 0 aromatic carbocycles. The molecule has 0 saturated carbocycles. The SMILES string of the molecule is CC(=O)N1CCC(C(=O)N2CCNC[C@@H]2C)C1.Cl. The van der Waals surface area contributed by atoms with Gasteiger partial charge in [0.15, 0.2) is 0 Å². The van der Waals surface area contributed by atoms with E-state index in [9.17, 15) is 9.59 Å². The molecule has 104 valence electrons. The highest BCUT2D eigenvalue weighted by atomic mass is 35.5. The summed E-state index contributed by atoms with van der Waals surface area (Å²) >= 11 is 0. The molecule has 5 nitrogen and oxygen atoms in total. The number of rotatable bonds is 1. The predicted molar refractivity (Wildman–Crippen MR) is 71.7 cm³/mol. The minimum atomic E-state index is 0. The van der Waals surface area contributed by atoms with Crippen molar-refractivity contribution in [1.82, 2.24) is 15.1 Å². The summed E-state index contributed by atoms with van der Waals surface area (Å²) in [6.07, 6.45) is 0.815. The molecule has 2 rings (SSSR count). The number of nitrogens with one attached hydrogen (secondary N) is 1. The van der Waals surface area contributed by atoms with Gasteiger partial charge in [0.2, 0.25) is 11.8 Å². The van der Waals surface area contributed by atoms with Gasteiger partial charge in [-0.15, -0.1) is 12.4 Å². The first-order valence-electron chi connectivity index (χ1n) is 6.36. The van der Waals surface area contributed by atoms with Gasteiger partial charge in [-0.2, -0.15) is 0 Å². The summed E-state index contributed by atoms with van der Waals surface area (Å²) < 4.78 is 0. The molecule has 6 heteroatoms. The molecule has 2 aliphatic heterocycles. The van der Waals surface area contributed by atoms with E-state index in [1.54, 1.807) is 11.8 Å². The molecule has 2 fully saturated rings. The van der Waals surface area contributed by atoms with Gasteiger partial charge in [-0.25, -0.2) is 0 Å². The first kappa shape index (κ1) is 15.2. The third-order valence-electron chi connectivity index (χ3n) is 3.77. The fraction of sp³-hybridized carbons (Fsp3) is 0.833. The van der Waals surface area contributed by atoms with E-state index in [-0.39, 0.29) is 36.2 Å². The molecule has 0 radical (unpaired) electrons. The highest BCUT2D eigenvalue weighted by Crippen LogP contribution is 2.20. The average molecular weight is 276 g/mol. The van der Waals surface area contributed by atoms with Crippen LogP contribution in [0.25, 0.3) is 0 Å². The zero-order valence-corrected chi connectivity index (χ0v) is 11.8. The van der Waals surface area contributed by atoms with Crippen molar-refractivity contribution >= 4 is 24.2 Å². The summed E-state index contributed by atoms with van der Waals surface area (Å²) in [5.74, 6) is 0.316. The van der Waals surface area contributed by atoms with E-state index >= 15 is 0 Å². The smallest absolute Gasteiger partial charge is 0.227 e. The van der Waals surface area contributed by atoms with Crippen LogP contribution in [-0.4, -0.2) is 60.4 Å². The zero-order chi connectivity index (χ0) is 12.4. The van der Waals surface area contributed by atoms with Crippen LogP contribution >= 0.6 is 12.4 Å². The van der Waals surface area contributed by atoms with Crippen molar-refractivity contribution in [2.24, 2.45) is 5.92 Å². The molecule has 0 aromatic rings. The number of hydrogen-bond donors (Lipinski definition) is 1. The van der Waals surface area contributed by atoms with Gasteiger partial charge in [0.1, 0.15) is 0 Å². The lowest BCUT2D eigenvalue weighted by molar-refractivity contribution is -0.138. The largest absolute Gasteiger partial charge is 0.342 e. The number of likely N-dealkylation sites (tertiary alicyclic amines) is 1. The quantitative estimate of drug-likeness (QED) is 0.738. The molecule has 0 bridgehead atoms. The third-order valence-corrected chi connectivity index (χ3v) is 3.77. The fourth-order valence-electron chi connectivity index (χ4n) is 2.65. The van der Waals surface area contributed by atoms with Crippen LogP contribution in [0.5, 0.6) is 0 Å². The molecular formula is C12H22ClN3O2. The fourth-order valence-corrected chi connectivity index (χ4v) is 2.65. The number of carbonyl (C=O) groups excluding carboxylic acids is 2. The van der Waals surface area contributed by atoms with E-state index in [0.29, 0.717) is 6.54 Å². The normalized spacial score (nSPS) is 27.9. The molecule has 1 unspecified atom stereocenters. The predicted octanol–water partition coefficient (Wildman–Crippen LogP) is 0.0969. The Morgan fingerprint density at radius 1 is 1.28 bits per heavy atom. The van der Waals surface area contributed by atoms with Crippen LogP contribution in [0.2, 0.25) is 0 Å². The average Bonchev–Trinajstić information content (AvgIpc) is 2.78. The number of piperazine rings is 1. The molecule has 0 aliphatic carbocycles. The maximum Gasteiger partial charge on any atom is 0.227 e. The highest BCUT2D eigenvalue weighted by Gasteiger charge is 2.34. The molecule has 0 aromatic heterocycles. The second kappa shape index (κ2) is 6.38.